The number of carbonyl (C=O) groups excluding carboxylic acids is 2. The van der Waals surface area contributed by atoms with Crippen LogP contribution in [0.4, 0.5) is 5.82 Å². The average Bonchev–Trinajstić information content (AvgIpc) is 3.58. The molecule has 4 rings (SSSR count). The van der Waals surface area contributed by atoms with Crippen molar-refractivity contribution in [3.8, 4) is 17.2 Å². The van der Waals surface area contributed by atoms with Gasteiger partial charge in [0, 0.05) is 35.8 Å². The topological polar surface area (TPSA) is 123 Å². The minimum Gasteiger partial charge on any atom is -0.493 e. The number of anilines is 1. The standard InChI is InChI=1S/C20H18N4O5/c1-28-16-7-12-6-13(20(26)24-27)10-22-15(12)9-17(16)29-14-4-5-21-18(8-14)23-19(25)11-2-3-11/h4-11,27H,2-3H2,1H3,(H,24,26)(H,21,23,25). The molecule has 0 spiro atoms. The lowest BCUT2D eigenvalue weighted by Crippen LogP contribution is -2.18. The van der Waals surface area contributed by atoms with Gasteiger partial charge in [0.05, 0.1) is 18.2 Å². The Hall–Kier alpha value is -3.72. The molecular formula is C20H18N4O5. The summed E-state index contributed by atoms with van der Waals surface area (Å²) in [6.07, 6.45) is 4.71. The highest BCUT2D eigenvalue weighted by Gasteiger charge is 2.29. The van der Waals surface area contributed by atoms with Crippen molar-refractivity contribution in [1.29, 1.82) is 0 Å². The van der Waals surface area contributed by atoms with Crippen molar-refractivity contribution in [3.63, 3.8) is 0 Å². The molecule has 1 aliphatic rings. The summed E-state index contributed by atoms with van der Waals surface area (Å²) in [7, 11) is 1.50. The summed E-state index contributed by atoms with van der Waals surface area (Å²) in [6, 6.07) is 8.24. The van der Waals surface area contributed by atoms with Crippen molar-refractivity contribution in [2.24, 2.45) is 5.92 Å². The maximum Gasteiger partial charge on any atom is 0.276 e. The molecule has 3 N–H and O–H groups in total. The molecule has 148 valence electrons. The van der Waals surface area contributed by atoms with Gasteiger partial charge in [-0.15, -0.1) is 0 Å². The van der Waals surface area contributed by atoms with Crippen LogP contribution in [0.5, 0.6) is 17.2 Å². The van der Waals surface area contributed by atoms with E-state index in [1.54, 1.807) is 42.0 Å². The Balaban J connectivity index is 1.61. The Morgan fingerprint density at radius 1 is 1.14 bits per heavy atom. The molecule has 0 radical (unpaired) electrons. The van der Waals surface area contributed by atoms with E-state index in [-0.39, 0.29) is 17.4 Å². The Morgan fingerprint density at radius 3 is 2.69 bits per heavy atom. The molecule has 29 heavy (non-hydrogen) atoms. The van der Waals surface area contributed by atoms with Crippen LogP contribution < -0.4 is 20.3 Å². The fourth-order valence-electron chi connectivity index (χ4n) is 2.81. The Morgan fingerprint density at radius 2 is 1.97 bits per heavy atom. The van der Waals surface area contributed by atoms with Gasteiger partial charge in [0.1, 0.15) is 11.6 Å². The number of amides is 2. The first-order chi connectivity index (χ1) is 14.1. The van der Waals surface area contributed by atoms with Crippen molar-refractivity contribution in [2.75, 3.05) is 12.4 Å². The molecule has 2 aromatic heterocycles. The molecule has 2 amide bonds. The molecule has 1 fully saturated rings. The number of hydrogen-bond acceptors (Lipinski definition) is 7. The van der Waals surface area contributed by atoms with Crippen molar-refractivity contribution in [1.82, 2.24) is 15.4 Å². The summed E-state index contributed by atoms with van der Waals surface area (Å²) >= 11 is 0. The van der Waals surface area contributed by atoms with E-state index >= 15 is 0 Å². The number of hydroxylamine groups is 1. The van der Waals surface area contributed by atoms with E-state index in [0.717, 1.165) is 12.8 Å². The van der Waals surface area contributed by atoms with Crippen LogP contribution in [0.2, 0.25) is 0 Å². The van der Waals surface area contributed by atoms with Crippen molar-refractivity contribution in [3.05, 3.63) is 48.3 Å². The minimum atomic E-state index is -0.656. The highest BCUT2D eigenvalue weighted by molar-refractivity contribution is 5.97. The molecule has 9 heteroatoms. The number of pyridine rings is 2. The molecule has 1 aromatic carbocycles. The molecule has 1 saturated carbocycles. The predicted octanol–water partition coefficient (Wildman–Crippen LogP) is 2.90. The van der Waals surface area contributed by atoms with E-state index in [2.05, 4.69) is 15.3 Å². The summed E-state index contributed by atoms with van der Waals surface area (Å²) in [5.41, 5.74) is 2.36. The summed E-state index contributed by atoms with van der Waals surface area (Å²) in [4.78, 5) is 31.9. The monoisotopic (exact) mass is 394 g/mol. The summed E-state index contributed by atoms with van der Waals surface area (Å²) in [6.45, 7) is 0. The first-order valence-electron chi connectivity index (χ1n) is 8.94. The quantitative estimate of drug-likeness (QED) is 0.434. The first kappa shape index (κ1) is 18.6. The van der Waals surface area contributed by atoms with E-state index in [0.29, 0.717) is 34.0 Å². The minimum absolute atomic E-state index is 0.0372. The van der Waals surface area contributed by atoms with Gasteiger partial charge in [-0.25, -0.2) is 10.5 Å². The number of fused-ring (bicyclic) bond motifs is 1. The summed E-state index contributed by atoms with van der Waals surface area (Å²) in [5.74, 6) is 1.11. The molecule has 0 aliphatic heterocycles. The molecule has 0 atom stereocenters. The Bertz CT molecular complexity index is 1100. The van der Waals surface area contributed by atoms with Gasteiger partial charge in [0.15, 0.2) is 11.5 Å². The van der Waals surface area contributed by atoms with Crippen molar-refractivity contribution >= 4 is 28.5 Å². The van der Waals surface area contributed by atoms with E-state index in [4.69, 9.17) is 14.7 Å². The number of benzene rings is 1. The largest absolute Gasteiger partial charge is 0.493 e. The summed E-state index contributed by atoms with van der Waals surface area (Å²) < 4.78 is 11.3. The Kier molecular flexibility index (Phi) is 4.96. The zero-order valence-corrected chi connectivity index (χ0v) is 15.5. The van der Waals surface area contributed by atoms with Gasteiger partial charge >= 0.3 is 0 Å². The normalized spacial score (nSPS) is 13.0. The third-order valence-electron chi connectivity index (χ3n) is 4.49. The van der Waals surface area contributed by atoms with Crippen LogP contribution in [0.15, 0.2) is 42.7 Å². The molecule has 0 unspecified atom stereocenters. The number of rotatable bonds is 6. The van der Waals surface area contributed by atoms with Crippen LogP contribution in [0.1, 0.15) is 23.2 Å². The fraction of sp³-hybridized carbons (Fsp3) is 0.200. The van der Waals surface area contributed by atoms with Gasteiger partial charge in [-0.05, 0) is 31.0 Å². The average molecular weight is 394 g/mol. The SMILES string of the molecule is COc1cc2cc(C(=O)NO)cnc2cc1Oc1ccnc(NC(=O)C2CC2)c1. The Labute approximate surface area is 165 Å². The molecule has 1 aliphatic carbocycles. The van der Waals surface area contributed by atoms with E-state index in [1.165, 1.54) is 13.3 Å². The maximum absolute atomic E-state index is 11.9. The number of aromatic nitrogens is 2. The molecule has 3 aromatic rings. The molecule has 2 heterocycles. The van der Waals surface area contributed by atoms with Gasteiger partial charge in [-0.1, -0.05) is 0 Å². The van der Waals surface area contributed by atoms with E-state index in [9.17, 15) is 9.59 Å². The van der Waals surface area contributed by atoms with Gasteiger partial charge in [-0.2, -0.15) is 0 Å². The predicted molar refractivity (Wildman–Crippen MR) is 103 cm³/mol. The maximum atomic E-state index is 11.9. The lowest BCUT2D eigenvalue weighted by Gasteiger charge is -2.13. The smallest absolute Gasteiger partial charge is 0.276 e. The number of methoxy groups -OCH3 is 1. The van der Waals surface area contributed by atoms with Gasteiger partial charge < -0.3 is 14.8 Å². The van der Waals surface area contributed by atoms with E-state index < -0.39 is 5.91 Å². The molecule has 0 saturated heterocycles. The lowest BCUT2D eigenvalue weighted by atomic mass is 10.1. The van der Waals surface area contributed by atoms with E-state index in [1.807, 2.05) is 0 Å². The third-order valence-corrected chi connectivity index (χ3v) is 4.49. The van der Waals surface area contributed by atoms with Crippen LogP contribution in [0.25, 0.3) is 10.9 Å². The number of nitrogens with zero attached hydrogens (tertiary/aromatic N) is 2. The van der Waals surface area contributed by atoms with Crippen LogP contribution in [-0.4, -0.2) is 34.1 Å². The van der Waals surface area contributed by atoms with Gasteiger partial charge in [0.25, 0.3) is 5.91 Å². The molecular weight excluding hydrogens is 376 g/mol. The zero-order chi connectivity index (χ0) is 20.4. The van der Waals surface area contributed by atoms with Crippen LogP contribution in [-0.2, 0) is 4.79 Å². The highest BCUT2D eigenvalue weighted by Crippen LogP contribution is 2.36. The lowest BCUT2D eigenvalue weighted by molar-refractivity contribution is -0.117. The number of ether oxygens (including phenoxy) is 2. The zero-order valence-electron chi connectivity index (χ0n) is 15.5. The summed E-state index contributed by atoms with van der Waals surface area (Å²) in [5, 5.41) is 12.2. The van der Waals surface area contributed by atoms with Gasteiger partial charge in [0.2, 0.25) is 5.91 Å². The number of carbonyl (C=O) groups is 2. The number of hydrogen-bond donors (Lipinski definition) is 3. The van der Waals surface area contributed by atoms with Crippen molar-refractivity contribution < 1.29 is 24.3 Å². The van der Waals surface area contributed by atoms with Crippen LogP contribution in [0, 0.1) is 5.92 Å². The second-order valence-electron chi connectivity index (χ2n) is 6.60. The second kappa shape index (κ2) is 7.72. The first-order valence-corrected chi connectivity index (χ1v) is 8.94. The molecule has 9 nitrogen and oxygen atoms in total. The van der Waals surface area contributed by atoms with Gasteiger partial charge in [-0.3, -0.25) is 19.8 Å². The fourth-order valence-corrected chi connectivity index (χ4v) is 2.81. The third kappa shape index (κ3) is 4.09. The second-order valence-corrected chi connectivity index (χ2v) is 6.60. The van der Waals surface area contributed by atoms with Crippen LogP contribution in [0.3, 0.4) is 0 Å². The van der Waals surface area contributed by atoms with Crippen LogP contribution >= 0.6 is 0 Å². The van der Waals surface area contributed by atoms with Crippen molar-refractivity contribution in [2.45, 2.75) is 12.8 Å². The molecule has 0 bridgehead atoms. The number of nitrogens with one attached hydrogen (secondary N) is 2. The highest BCUT2D eigenvalue weighted by atomic mass is 16.5.